The summed E-state index contributed by atoms with van der Waals surface area (Å²) in [6.07, 6.45) is 2.50. The van der Waals surface area contributed by atoms with Crippen molar-refractivity contribution < 1.29 is 9.90 Å². The molecule has 2 unspecified atom stereocenters. The maximum atomic E-state index is 11.9. The van der Waals surface area contributed by atoms with E-state index >= 15 is 0 Å². The molecule has 1 heterocycles. The van der Waals surface area contributed by atoms with Gasteiger partial charge in [0.15, 0.2) is 0 Å². The second-order valence-corrected chi connectivity index (χ2v) is 5.90. The van der Waals surface area contributed by atoms with Crippen LogP contribution in [0.3, 0.4) is 0 Å². The lowest BCUT2D eigenvalue weighted by atomic mass is 9.98. The van der Waals surface area contributed by atoms with Crippen LogP contribution >= 0.6 is 0 Å². The van der Waals surface area contributed by atoms with Crippen LogP contribution in [0.1, 0.15) is 33.6 Å². The minimum Gasteiger partial charge on any atom is -0.394 e. The Labute approximate surface area is 117 Å². The van der Waals surface area contributed by atoms with E-state index in [9.17, 15) is 4.79 Å². The van der Waals surface area contributed by atoms with Crippen LogP contribution in [0.25, 0.3) is 0 Å². The van der Waals surface area contributed by atoms with E-state index in [0.29, 0.717) is 12.6 Å². The van der Waals surface area contributed by atoms with Gasteiger partial charge in [0.1, 0.15) is 0 Å². The smallest absolute Gasteiger partial charge is 0.317 e. The minimum atomic E-state index is -0.147. The van der Waals surface area contributed by atoms with Crippen molar-refractivity contribution >= 4 is 6.03 Å². The third-order valence-corrected chi connectivity index (χ3v) is 4.24. The van der Waals surface area contributed by atoms with E-state index in [4.69, 9.17) is 5.11 Å². The third-order valence-electron chi connectivity index (χ3n) is 4.24. The van der Waals surface area contributed by atoms with Crippen LogP contribution in [0.2, 0.25) is 0 Å². The average molecular weight is 271 g/mol. The van der Waals surface area contributed by atoms with Gasteiger partial charge in [0.05, 0.1) is 12.6 Å². The molecule has 0 aromatic rings. The van der Waals surface area contributed by atoms with Gasteiger partial charge in [-0.05, 0) is 45.7 Å². The molecule has 1 aliphatic heterocycles. The number of likely N-dealkylation sites (tertiary alicyclic amines) is 1. The SMILES string of the molecule is CC1CCN(C(C)CNC(=O)N(C)C(C)CO)CC1. The van der Waals surface area contributed by atoms with E-state index in [1.807, 2.05) is 6.92 Å². The fourth-order valence-corrected chi connectivity index (χ4v) is 2.28. The van der Waals surface area contributed by atoms with Crippen LogP contribution in [0.4, 0.5) is 4.79 Å². The predicted octanol–water partition coefficient (Wildman–Crippen LogP) is 1.13. The quantitative estimate of drug-likeness (QED) is 0.788. The van der Waals surface area contributed by atoms with E-state index in [-0.39, 0.29) is 18.7 Å². The van der Waals surface area contributed by atoms with Gasteiger partial charge in [-0.3, -0.25) is 4.90 Å². The molecule has 1 fully saturated rings. The van der Waals surface area contributed by atoms with Gasteiger partial charge in [-0.1, -0.05) is 6.92 Å². The molecular weight excluding hydrogens is 242 g/mol. The topological polar surface area (TPSA) is 55.8 Å². The molecule has 5 nitrogen and oxygen atoms in total. The number of urea groups is 1. The Morgan fingerprint density at radius 3 is 2.53 bits per heavy atom. The Kier molecular flexibility index (Phi) is 6.58. The van der Waals surface area contributed by atoms with Gasteiger partial charge in [0.25, 0.3) is 0 Å². The van der Waals surface area contributed by atoms with Crippen LogP contribution in [-0.2, 0) is 0 Å². The molecular formula is C14H29N3O2. The highest BCUT2D eigenvalue weighted by atomic mass is 16.3. The number of nitrogens with one attached hydrogen (secondary N) is 1. The van der Waals surface area contributed by atoms with Crippen LogP contribution in [0.15, 0.2) is 0 Å². The van der Waals surface area contributed by atoms with Gasteiger partial charge in [0.2, 0.25) is 0 Å². The Balaban J connectivity index is 2.29. The predicted molar refractivity (Wildman–Crippen MR) is 77.1 cm³/mol. The Hall–Kier alpha value is -0.810. The summed E-state index contributed by atoms with van der Waals surface area (Å²) in [6.45, 7) is 9.19. The van der Waals surface area contributed by atoms with Crippen molar-refractivity contribution in [1.82, 2.24) is 15.1 Å². The molecule has 0 spiro atoms. The third kappa shape index (κ3) is 4.99. The summed E-state index contributed by atoms with van der Waals surface area (Å²) >= 11 is 0. The molecule has 0 aromatic carbocycles. The monoisotopic (exact) mass is 271 g/mol. The lowest BCUT2D eigenvalue weighted by Crippen LogP contribution is -2.49. The second kappa shape index (κ2) is 7.70. The molecule has 0 aliphatic carbocycles. The molecule has 112 valence electrons. The molecule has 2 atom stereocenters. The molecule has 0 bridgehead atoms. The molecule has 19 heavy (non-hydrogen) atoms. The molecule has 0 saturated carbocycles. The van der Waals surface area contributed by atoms with E-state index in [1.54, 1.807) is 11.9 Å². The highest BCUT2D eigenvalue weighted by molar-refractivity contribution is 5.74. The van der Waals surface area contributed by atoms with Crippen LogP contribution in [-0.4, -0.2) is 66.3 Å². The van der Waals surface area contributed by atoms with Crippen LogP contribution in [0, 0.1) is 5.92 Å². The number of hydrogen-bond donors (Lipinski definition) is 2. The zero-order valence-electron chi connectivity index (χ0n) is 12.7. The summed E-state index contributed by atoms with van der Waals surface area (Å²) in [4.78, 5) is 15.9. The molecule has 5 heteroatoms. The van der Waals surface area contributed by atoms with Crippen molar-refractivity contribution in [3.8, 4) is 0 Å². The number of aliphatic hydroxyl groups is 1. The first kappa shape index (κ1) is 16.2. The lowest BCUT2D eigenvalue weighted by Gasteiger charge is -2.35. The first-order chi connectivity index (χ1) is 8.95. The van der Waals surface area contributed by atoms with Gasteiger partial charge in [-0.25, -0.2) is 4.79 Å². The fourth-order valence-electron chi connectivity index (χ4n) is 2.28. The molecule has 0 radical (unpaired) electrons. The highest BCUT2D eigenvalue weighted by Gasteiger charge is 2.21. The Morgan fingerprint density at radius 1 is 1.42 bits per heavy atom. The number of piperidine rings is 1. The van der Waals surface area contributed by atoms with E-state index in [1.165, 1.54) is 12.8 Å². The molecule has 0 aromatic heterocycles. The molecule has 1 saturated heterocycles. The number of amides is 2. The van der Waals surface area contributed by atoms with Crippen LogP contribution in [0.5, 0.6) is 0 Å². The number of carbonyl (C=O) groups is 1. The molecule has 1 rings (SSSR count). The second-order valence-electron chi connectivity index (χ2n) is 5.90. The summed E-state index contributed by atoms with van der Waals surface area (Å²) in [7, 11) is 1.71. The van der Waals surface area contributed by atoms with Gasteiger partial charge in [0, 0.05) is 19.6 Å². The number of carbonyl (C=O) groups excluding carboxylic acids is 1. The minimum absolute atomic E-state index is 0.0104. The van der Waals surface area contributed by atoms with E-state index in [0.717, 1.165) is 19.0 Å². The first-order valence-electron chi connectivity index (χ1n) is 7.31. The maximum Gasteiger partial charge on any atom is 0.317 e. The van der Waals surface area contributed by atoms with Crippen molar-refractivity contribution in [3.05, 3.63) is 0 Å². The molecule has 2 N–H and O–H groups in total. The number of likely N-dealkylation sites (N-methyl/N-ethyl adjacent to an activating group) is 1. The summed E-state index contributed by atoms with van der Waals surface area (Å²) in [6, 6.07) is 0.110. The highest BCUT2D eigenvalue weighted by Crippen LogP contribution is 2.17. The van der Waals surface area contributed by atoms with Gasteiger partial charge in [-0.15, -0.1) is 0 Å². The molecule has 2 amide bonds. The zero-order chi connectivity index (χ0) is 14.4. The Bertz CT molecular complexity index is 278. The van der Waals surface area contributed by atoms with Crippen molar-refractivity contribution in [3.63, 3.8) is 0 Å². The molecule has 1 aliphatic rings. The van der Waals surface area contributed by atoms with Gasteiger partial charge in [-0.2, -0.15) is 0 Å². The summed E-state index contributed by atoms with van der Waals surface area (Å²) in [5, 5.41) is 12.0. The van der Waals surface area contributed by atoms with Crippen molar-refractivity contribution in [1.29, 1.82) is 0 Å². The number of aliphatic hydroxyl groups excluding tert-OH is 1. The van der Waals surface area contributed by atoms with Crippen molar-refractivity contribution in [2.45, 2.75) is 45.7 Å². The maximum absolute atomic E-state index is 11.9. The average Bonchev–Trinajstić information content (AvgIpc) is 2.43. The zero-order valence-corrected chi connectivity index (χ0v) is 12.7. The van der Waals surface area contributed by atoms with Gasteiger partial charge < -0.3 is 15.3 Å². The number of rotatable bonds is 5. The lowest BCUT2D eigenvalue weighted by molar-refractivity contribution is 0.136. The van der Waals surface area contributed by atoms with Crippen molar-refractivity contribution in [2.24, 2.45) is 5.92 Å². The van der Waals surface area contributed by atoms with Crippen LogP contribution < -0.4 is 5.32 Å². The van der Waals surface area contributed by atoms with Crippen molar-refractivity contribution in [2.75, 3.05) is 33.3 Å². The van der Waals surface area contributed by atoms with E-state index < -0.39 is 0 Å². The summed E-state index contributed by atoms with van der Waals surface area (Å²) in [5.74, 6) is 0.828. The fraction of sp³-hybridized carbons (Fsp3) is 0.929. The first-order valence-corrected chi connectivity index (χ1v) is 7.31. The number of hydrogen-bond acceptors (Lipinski definition) is 3. The van der Waals surface area contributed by atoms with E-state index in [2.05, 4.69) is 24.1 Å². The van der Waals surface area contributed by atoms with Gasteiger partial charge >= 0.3 is 6.03 Å². The largest absolute Gasteiger partial charge is 0.394 e. The summed E-state index contributed by atoms with van der Waals surface area (Å²) < 4.78 is 0. The normalized spacial score (nSPS) is 20.9. The number of nitrogens with zero attached hydrogens (tertiary/aromatic N) is 2. The Morgan fingerprint density at radius 2 is 2.00 bits per heavy atom. The summed E-state index contributed by atoms with van der Waals surface area (Å²) in [5.41, 5.74) is 0. The standard InChI is InChI=1S/C14H29N3O2/c1-11-5-7-17(8-6-11)12(2)9-15-14(19)16(4)13(3)10-18/h11-13,18H,5-10H2,1-4H3,(H,15,19).